The molecule has 0 aromatic heterocycles. The third-order valence-electron chi connectivity index (χ3n) is 6.12. The van der Waals surface area contributed by atoms with E-state index in [1.165, 1.54) is 12.1 Å². The molecule has 0 unspecified atom stereocenters. The molecule has 32 heavy (non-hydrogen) atoms. The Morgan fingerprint density at radius 2 is 1.78 bits per heavy atom. The lowest BCUT2D eigenvalue weighted by molar-refractivity contribution is -0.129. The summed E-state index contributed by atoms with van der Waals surface area (Å²) < 4.78 is 18.9. The van der Waals surface area contributed by atoms with E-state index < -0.39 is 12.0 Å². The first kappa shape index (κ1) is 23.7. The van der Waals surface area contributed by atoms with Crippen molar-refractivity contribution in [1.82, 2.24) is 10.2 Å². The van der Waals surface area contributed by atoms with Crippen molar-refractivity contribution < 1.29 is 18.7 Å². The van der Waals surface area contributed by atoms with Gasteiger partial charge in [0.05, 0.1) is 19.1 Å². The number of hydrogen-bond acceptors (Lipinski definition) is 4. The fraction of sp³-hybridized carbons (Fsp3) is 0.440. The summed E-state index contributed by atoms with van der Waals surface area (Å²) in [6.45, 7) is 7.35. The Bertz CT molecular complexity index is 898. The first-order valence-electron chi connectivity index (χ1n) is 11.2. The molecule has 3 rings (SSSR count). The van der Waals surface area contributed by atoms with Crippen molar-refractivity contribution in [1.29, 1.82) is 0 Å². The van der Waals surface area contributed by atoms with Crippen LogP contribution in [0.2, 0.25) is 0 Å². The quantitative estimate of drug-likeness (QED) is 0.643. The second-order valence-corrected chi connectivity index (χ2v) is 7.92. The predicted octanol–water partition coefficient (Wildman–Crippen LogP) is 3.78. The maximum atomic E-state index is 13.6. The van der Waals surface area contributed by atoms with Crippen LogP contribution in [0.5, 0.6) is 5.75 Å². The number of benzene rings is 2. The lowest BCUT2D eigenvalue weighted by atomic mass is 9.83. The molecule has 1 saturated heterocycles. The fourth-order valence-corrected chi connectivity index (χ4v) is 4.26. The Balaban J connectivity index is 1.90. The average Bonchev–Trinajstić information content (AvgIpc) is 2.82. The Kier molecular flexibility index (Phi) is 8.22. The molecule has 7 heteroatoms. The summed E-state index contributed by atoms with van der Waals surface area (Å²) in [5.74, 6) is -0.250. The number of carbonyl (C=O) groups excluding carboxylic acids is 2. The van der Waals surface area contributed by atoms with E-state index in [2.05, 4.69) is 24.1 Å². The monoisotopic (exact) mass is 441 g/mol. The Morgan fingerprint density at radius 3 is 2.38 bits per heavy atom. The molecule has 0 spiro atoms. The topological polar surface area (TPSA) is 61.9 Å². The number of piperidine rings is 1. The van der Waals surface area contributed by atoms with Crippen LogP contribution < -0.4 is 15.0 Å². The zero-order valence-corrected chi connectivity index (χ0v) is 19.0. The van der Waals surface area contributed by atoms with E-state index in [1.807, 2.05) is 12.1 Å². The van der Waals surface area contributed by atoms with Crippen molar-refractivity contribution in [2.75, 3.05) is 38.2 Å². The molecule has 1 heterocycles. The molecule has 2 atom stereocenters. The van der Waals surface area contributed by atoms with E-state index in [0.29, 0.717) is 24.4 Å². The van der Waals surface area contributed by atoms with Gasteiger partial charge in [-0.2, -0.15) is 0 Å². The van der Waals surface area contributed by atoms with Crippen LogP contribution in [0.4, 0.5) is 10.1 Å². The zero-order chi connectivity index (χ0) is 23.1. The molecule has 0 bridgehead atoms. The van der Waals surface area contributed by atoms with Crippen LogP contribution in [0, 0.1) is 11.7 Å². The smallest absolute Gasteiger partial charge is 0.227 e. The van der Waals surface area contributed by atoms with Gasteiger partial charge in [0, 0.05) is 25.2 Å². The van der Waals surface area contributed by atoms with Crippen molar-refractivity contribution in [2.45, 2.75) is 32.7 Å². The number of anilines is 1. The molecular weight excluding hydrogens is 409 g/mol. The summed E-state index contributed by atoms with van der Waals surface area (Å²) in [7, 11) is 1.58. The summed E-state index contributed by atoms with van der Waals surface area (Å²) in [4.78, 5) is 30.2. The summed E-state index contributed by atoms with van der Waals surface area (Å²) in [6, 6.07) is 12.7. The van der Waals surface area contributed by atoms with Crippen molar-refractivity contribution in [3.05, 3.63) is 59.9 Å². The highest BCUT2D eigenvalue weighted by Crippen LogP contribution is 2.40. The molecule has 1 fully saturated rings. The van der Waals surface area contributed by atoms with Crippen LogP contribution in [0.25, 0.3) is 0 Å². The number of ether oxygens (including phenoxy) is 1. The molecule has 6 nitrogen and oxygen atoms in total. The summed E-state index contributed by atoms with van der Waals surface area (Å²) in [6.07, 6.45) is 0.725. The highest BCUT2D eigenvalue weighted by atomic mass is 19.1. The Hall–Kier alpha value is -2.93. The lowest BCUT2D eigenvalue weighted by Crippen LogP contribution is -2.49. The van der Waals surface area contributed by atoms with Crippen LogP contribution in [-0.2, 0) is 9.59 Å². The minimum Gasteiger partial charge on any atom is -0.497 e. The number of carbonyl (C=O) groups is 2. The molecule has 0 saturated carbocycles. The van der Waals surface area contributed by atoms with Crippen molar-refractivity contribution in [3.8, 4) is 5.75 Å². The second kappa shape index (κ2) is 11.1. The SMILES string of the molecule is CCN(CC)CCNC(=O)[C@@H]1CCC(=O)N(c2ccc(OC)cc2)[C@H]1c1ccc(F)cc1. The second-order valence-electron chi connectivity index (χ2n) is 7.92. The molecule has 0 radical (unpaired) electrons. The van der Waals surface area contributed by atoms with Crippen molar-refractivity contribution in [2.24, 2.45) is 5.92 Å². The van der Waals surface area contributed by atoms with Crippen LogP contribution in [0.3, 0.4) is 0 Å². The van der Waals surface area contributed by atoms with Gasteiger partial charge < -0.3 is 19.9 Å². The van der Waals surface area contributed by atoms with E-state index in [4.69, 9.17) is 4.74 Å². The standard InChI is InChI=1S/C25H32FN3O3/c1-4-28(5-2)17-16-27-25(31)22-14-15-23(30)29(20-10-12-21(32-3)13-11-20)24(22)18-6-8-19(26)9-7-18/h6-13,22,24H,4-5,14-17H2,1-3H3,(H,27,31)/t22-,24+/m1/s1. The van der Waals surface area contributed by atoms with Gasteiger partial charge in [0.1, 0.15) is 11.6 Å². The van der Waals surface area contributed by atoms with Gasteiger partial charge in [0.15, 0.2) is 0 Å². The predicted molar refractivity (Wildman–Crippen MR) is 123 cm³/mol. The summed E-state index contributed by atoms with van der Waals surface area (Å²) in [5, 5.41) is 3.06. The Labute approximate surface area is 189 Å². The number of methoxy groups -OCH3 is 1. The first-order valence-corrected chi connectivity index (χ1v) is 11.2. The molecular formula is C25H32FN3O3. The third kappa shape index (κ3) is 5.46. The average molecular weight is 442 g/mol. The van der Waals surface area contributed by atoms with Gasteiger partial charge in [-0.3, -0.25) is 9.59 Å². The molecule has 0 aliphatic carbocycles. The molecule has 2 aromatic rings. The zero-order valence-electron chi connectivity index (χ0n) is 19.0. The molecule has 1 aliphatic rings. The van der Waals surface area contributed by atoms with E-state index in [9.17, 15) is 14.0 Å². The van der Waals surface area contributed by atoms with E-state index in [0.717, 1.165) is 25.2 Å². The van der Waals surface area contributed by atoms with E-state index in [-0.39, 0.29) is 24.1 Å². The maximum Gasteiger partial charge on any atom is 0.227 e. The molecule has 172 valence electrons. The van der Waals surface area contributed by atoms with Gasteiger partial charge in [-0.1, -0.05) is 26.0 Å². The van der Waals surface area contributed by atoms with Gasteiger partial charge in [-0.15, -0.1) is 0 Å². The summed E-state index contributed by atoms with van der Waals surface area (Å²) in [5.41, 5.74) is 1.42. The molecule has 1 aliphatic heterocycles. The van der Waals surface area contributed by atoms with Gasteiger partial charge >= 0.3 is 0 Å². The van der Waals surface area contributed by atoms with Crippen molar-refractivity contribution >= 4 is 17.5 Å². The van der Waals surface area contributed by atoms with E-state index >= 15 is 0 Å². The normalized spacial score (nSPS) is 18.7. The minimum atomic E-state index is -0.515. The fourth-order valence-electron chi connectivity index (χ4n) is 4.26. The highest BCUT2D eigenvalue weighted by Gasteiger charge is 2.41. The van der Waals surface area contributed by atoms with Gasteiger partial charge in [-0.05, 0) is 61.5 Å². The number of halogens is 1. The largest absolute Gasteiger partial charge is 0.497 e. The number of amides is 2. The summed E-state index contributed by atoms with van der Waals surface area (Å²) >= 11 is 0. The number of nitrogens with one attached hydrogen (secondary N) is 1. The van der Waals surface area contributed by atoms with Gasteiger partial charge in [0.2, 0.25) is 11.8 Å². The maximum absolute atomic E-state index is 13.6. The molecule has 2 aromatic carbocycles. The molecule has 2 amide bonds. The van der Waals surface area contributed by atoms with Crippen molar-refractivity contribution in [3.63, 3.8) is 0 Å². The third-order valence-corrected chi connectivity index (χ3v) is 6.12. The van der Waals surface area contributed by atoms with Crippen LogP contribution >= 0.6 is 0 Å². The van der Waals surface area contributed by atoms with Crippen LogP contribution in [0.1, 0.15) is 38.3 Å². The van der Waals surface area contributed by atoms with Crippen LogP contribution in [0.15, 0.2) is 48.5 Å². The minimum absolute atomic E-state index is 0.0586. The number of nitrogens with zero attached hydrogens (tertiary/aromatic N) is 2. The highest BCUT2D eigenvalue weighted by molar-refractivity contribution is 5.97. The van der Waals surface area contributed by atoms with E-state index in [1.54, 1.807) is 36.3 Å². The number of hydrogen-bond donors (Lipinski definition) is 1. The van der Waals surface area contributed by atoms with Gasteiger partial charge in [-0.25, -0.2) is 4.39 Å². The van der Waals surface area contributed by atoms with Gasteiger partial charge in [0.25, 0.3) is 0 Å². The Morgan fingerprint density at radius 1 is 1.12 bits per heavy atom. The molecule has 1 N–H and O–H groups in total. The number of rotatable bonds is 9. The number of likely N-dealkylation sites (N-methyl/N-ethyl adjacent to an activating group) is 1. The first-order chi connectivity index (χ1) is 15.5. The van der Waals surface area contributed by atoms with Crippen LogP contribution in [-0.4, -0.2) is 50.0 Å². The lowest BCUT2D eigenvalue weighted by Gasteiger charge is -2.41.